The molecular weight excluding hydrogens is 384 g/mol. The number of aliphatic hydroxyl groups excluding tert-OH is 1. The van der Waals surface area contributed by atoms with Gasteiger partial charge in [-0.3, -0.25) is 4.98 Å². The predicted molar refractivity (Wildman–Crippen MR) is 119 cm³/mol. The number of nitrogens with one attached hydrogen (secondary N) is 1. The lowest BCUT2D eigenvalue weighted by Gasteiger charge is -2.27. The number of aliphatic hydroxyl groups is 1. The van der Waals surface area contributed by atoms with E-state index in [2.05, 4.69) is 40.6 Å². The van der Waals surface area contributed by atoms with Gasteiger partial charge in [-0.15, -0.1) is 12.4 Å². The van der Waals surface area contributed by atoms with Crippen LogP contribution in [0.3, 0.4) is 0 Å². The number of benzene rings is 2. The number of rotatable bonds is 8. The molecule has 1 aromatic heterocycles. The summed E-state index contributed by atoms with van der Waals surface area (Å²) < 4.78 is 5.87. The normalized spacial score (nSPS) is 16.4. The van der Waals surface area contributed by atoms with Crippen LogP contribution < -0.4 is 10.1 Å². The summed E-state index contributed by atoms with van der Waals surface area (Å²) in [6, 6.07) is 20.9. The topological polar surface area (TPSA) is 54.4 Å². The number of hydrogen-bond donors (Lipinski definition) is 2. The number of nitrogens with zero attached hydrogens (tertiary/aromatic N) is 1. The van der Waals surface area contributed by atoms with Crippen LogP contribution in [0.15, 0.2) is 73.1 Å². The van der Waals surface area contributed by atoms with Crippen LogP contribution in [0, 0.1) is 0 Å². The van der Waals surface area contributed by atoms with E-state index in [1.54, 1.807) is 6.20 Å². The molecule has 0 radical (unpaired) electrons. The molecule has 1 saturated heterocycles. The Hall–Kier alpha value is -2.40. The van der Waals surface area contributed by atoms with Crippen molar-refractivity contribution in [1.82, 2.24) is 10.3 Å². The molecule has 1 aliphatic heterocycles. The van der Waals surface area contributed by atoms with Gasteiger partial charge in [-0.2, -0.15) is 0 Å². The van der Waals surface area contributed by atoms with Crippen molar-refractivity contribution in [2.75, 3.05) is 13.2 Å². The second-order valence-corrected chi connectivity index (χ2v) is 7.41. The minimum absolute atomic E-state index is 0. The van der Waals surface area contributed by atoms with Gasteiger partial charge in [-0.05, 0) is 48.6 Å². The van der Waals surface area contributed by atoms with Gasteiger partial charge in [-0.1, -0.05) is 54.6 Å². The van der Waals surface area contributed by atoms with Gasteiger partial charge in [0.05, 0.1) is 12.3 Å². The molecule has 152 valence electrons. The summed E-state index contributed by atoms with van der Waals surface area (Å²) >= 11 is 0. The third kappa shape index (κ3) is 6.04. The van der Waals surface area contributed by atoms with Crippen molar-refractivity contribution in [3.63, 3.8) is 0 Å². The van der Waals surface area contributed by atoms with Gasteiger partial charge in [0.2, 0.25) is 0 Å². The summed E-state index contributed by atoms with van der Waals surface area (Å²) in [6.07, 6.45) is 5.66. The number of halogens is 1. The Bertz CT molecular complexity index is 900. The Balaban J connectivity index is 0.00000240. The van der Waals surface area contributed by atoms with Crippen molar-refractivity contribution >= 4 is 12.4 Å². The zero-order valence-corrected chi connectivity index (χ0v) is 17.1. The molecule has 0 spiro atoms. The molecule has 4 rings (SSSR count). The first-order chi connectivity index (χ1) is 13.8. The lowest BCUT2D eigenvalue weighted by molar-refractivity contribution is 0.175. The van der Waals surface area contributed by atoms with E-state index in [4.69, 9.17) is 4.74 Å². The average Bonchev–Trinajstić information content (AvgIpc) is 2.68. The van der Waals surface area contributed by atoms with E-state index < -0.39 is 6.10 Å². The van der Waals surface area contributed by atoms with E-state index in [9.17, 15) is 5.11 Å². The molecule has 2 aromatic carbocycles. The van der Waals surface area contributed by atoms with Crippen LogP contribution in [0.2, 0.25) is 0 Å². The van der Waals surface area contributed by atoms with Crippen LogP contribution in [0.4, 0.5) is 0 Å². The SMILES string of the molecule is Cl.O[C@@H](Cc1ccccc1)Cc1cccc(-c2cncc(OC[C@@H]3CCN3)c2)c1. The molecule has 29 heavy (non-hydrogen) atoms. The third-order valence-electron chi connectivity index (χ3n) is 5.14. The molecule has 0 aliphatic carbocycles. The van der Waals surface area contributed by atoms with Crippen LogP contribution >= 0.6 is 12.4 Å². The summed E-state index contributed by atoms with van der Waals surface area (Å²) in [5.41, 5.74) is 4.38. The zero-order valence-electron chi connectivity index (χ0n) is 16.3. The average molecular weight is 411 g/mol. The summed E-state index contributed by atoms with van der Waals surface area (Å²) in [7, 11) is 0. The van der Waals surface area contributed by atoms with Gasteiger partial charge < -0.3 is 15.2 Å². The molecule has 1 aliphatic rings. The van der Waals surface area contributed by atoms with Gasteiger partial charge in [0, 0.05) is 17.8 Å². The summed E-state index contributed by atoms with van der Waals surface area (Å²) in [4.78, 5) is 4.33. The fraction of sp³-hybridized carbons (Fsp3) is 0.292. The van der Waals surface area contributed by atoms with Crippen molar-refractivity contribution in [1.29, 1.82) is 0 Å². The molecular formula is C24H27ClN2O2. The first-order valence-corrected chi connectivity index (χ1v) is 9.89. The summed E-state index contributed by atoms with van der Waals surface area (Å²) in [5.74, 6) is 0.792. The highest BCUT2D eigenvalue weighted by atomic mass is 35.5. The molecule has 0 amide bonds. The molecule has 2 heterocycles. The van der Waals surface area contributed by atoms with E-state index in [0.29, 0.717) is 25.5 Å². The Labute approximate surface area is 178 Å². The first-order valence-electron chi connectivity index (χ1n) is 9.89. The Morgan fingerprint density at radius 2 is 1.72 bits per heavy atom. The Morgan fingerprint density at radius 1 is 0.966 bits per heavy atom. The van der Waals surface area contributed by atoms with Gasteiger partial charge in [0.1, 0.15) is 12.4 Å². The number of ether oxygens (including phenoxy) is 1. The quantitative estimate of drug-likeness (QED) is 0.588. The second kappa shape index (κ2) is 10.4. The Morgan fingerprint density at radius 3 is 2.48 bits per heavy atom. The zero-order chi connectivity index (χ0) is 19.2. The predicted octanol–water partition coefficient (Wildman–Crippen LogP) is 4.06. The van der Waals surface area contributed by atoms with Crippen LogP contribution in [-0.4, -0.2) is 35.4 Å². The molecule has 4 nitrogen and oxygen atoms in total. The fourth-order valence-corrected chi connectivity index (χ4v) is 3.45. The second-order valence-electron chi connectivity index (χ2n) is 7.41. The largest absolute Gasteiger partial charge is 0.490 e. The maximum atomic E-state index is 10.5. The monoisotopic (exact) mass is 410 g/mol. The van der Waals surface area contributed by atoms with Gasteiger partial charge in [0.15, 0.2) is 0 Å². The third-order valence-corrected chi connectivity index (χ3v) is 5.14. The number of hydrogen-bond acceptors (Lipinski definition) is 4. The highest BCUT2D eigenvalue weighted by molar-refractivity contribution is 5.85. The van der Waals surface area contributed by atoms with E-state index in [1.165, 1.54) is 6.42 Å². The highest BCUT2D eigenvalue weighted by Crippen LogP contribution is 2.24. The summed E-state index contributed by atoms with van der Waals surface area (Å²) in [6.45, 7) is 1.76. The van der Waals surface area contributed by atoms with Crippen molar-refractivity contribution in [3.05, 3.63) is 84.2 Å². The molecule has 5 heteroatoms. The molecule has 1 fully saturated rings. The van der Waals surface area contributed by atoms with E-state index >= 15 is 0 Å². The molecule has 3 aromatic rings. The lowest BCUT2D eigenvalue weighted by Crippen LogP contribution is -2.46. The molecule has 2 N–H and O–H groups in total. The Kier molecular flexibility index (Phi) is 7.64. The van der Waals surface area contributed by atoms with Crippen LogP contribution in [0.5, 0.6) is 5.75 Å². The molecule has 2 atom stereocenters. The lowest BCUT2D eigenvalue weighted by atomic mass is 9.98. The van der Waals surface area contributed by atoms with Crippen LogP contribution in [-0.2, 0) is 12.8 Å². The first kappa shape index (κ1) is 21.3. The van der Waals surface area contributed by atoms with Crippen molar-refractivity contribution in [2.24, 2.45) is 0 Å². The van der Waals surface area contributed by atoms with Gasteiger partial charge in [-0.25, -0.2) is 0 Å². The van der Waals surface area contributed by atoms with Crippen molar-refractivity contribution in [2.45, 2.75) is 31.4 Å². The smallest absolute Gasteiger partial charge is 0.138 e. The number of aromatic nitrogens is 1. The van der Waals surface area contributed by atoms with Crippen molar-refractivity contribution in [3.8, 4) is 16.9 Å². The van der Waals surface area contributed by atoms with E-state index in [-0.39, 0.29) is 12.4 Å². The standard InChI is InChI=1S/C24H26N2O2.ClH/c27-23(12-18-5-2-1-3-6-18)13-19-7-4-8-20(11-19)21-14-24(16-25-15-21)28-17-22-9-10-26-22;/h1-8,11,14-16,22-23,26-27H,9-10,12-13,17H2;1H/t22-,23-;/m0./s1. The maximum Gasteiger partial charge on any atom is 0.138 e. The minimum Gasteiger partial charge on any atom is -0.490 e. The van der Waals surface area contributed by atoms with E-state index in [0.717, 1.165) is 34.5 Å². The van der Waals surface area contributed by atoms with Gasteiger partial charge >= 0.3 is 0 Å². The summed E-state index contributed by atoms with van der Waals surface area (Å²) in [5, 5.41) is 13.8. The molecule has 0 unspecified atom stereocenters. The highest BCUT2D eigenvalue weighted by Gasteiger charge is 2.16. The molecule has 0 saturated carbocycles. The maximum absolute atomic E-state index is 10.5. The van der Waals surface area contributed by atoms with Gasteiger partial charge in [0.25, 0.3) is 0 Å². The van der Waals surface area contributed by atoms with Crippen LogP contribution in [0.25, 0.3) is 11.1 Å². The van der Waals surface area contributed by atoms with E-state index in [1.807, 2.05) is 36.5 Å². The molecule has 0 bridgehead atoms. The minimum atomic E-state index is -0.402. The van der Waals surface area contributed by atoms with Crippen molar-refractivity contribution < 1.29 is 9.84 Å². The van der Waals surface area contributed by atoms with Crippen LogP contribution in [0.1, 0.15) is 17.5 Å². The number of pyridine rings is 1. The fourth-order valence-electron chi connectivity index (χ4n) is 3.45.